The van der Waals surface area contributed by atoms with E-state index in [0.29, 0.717) is 5.92 Å². The van der Waals surface area contributed by atoms with Gasteiger partial charge in [-0.3, -0.25) is 4.79 Å². The molecule has 1 heterocycles. The van der Waals surface area contributed by atoms with E-state index in [1.165, 1.54) is 32.2 Å². The van der Waals surface area contributed by atoms with E-state index in [9.17, 15) is 9.90 Å². The summed E-state index contributed by atoms with van der Waals surface area (Å²) in [4.78, 5) is 14.0. The van der Waals surface area contributed by atoms with E-state index in [1.54, 1.807) is 0 Å². The van der Waals surface area contributed by atoms with E-state index >= 15 is 0 Å². The van der Waals surface area contributed by atoms with Crippen LogP contribution >= 0.6 is 0 Å². The molecule has 2 fully saturated rings. The number of rotatable bonds is 4. The molecule has 2 rings (SSSR count). The number of carbonyl (C=O) groups is 1. The molecule has 0 bridgehead atoms. The summed E-state index contributed by atoms with van der Waals surface area (Å²) in [6, 6.07) is 0. The van der Waals surface area contributed by atoms with Gasteiger partial charge in [-0.1, -0.05) is 19.8 Å². The molecule has 3 nitrogen and oxygen atoms in total. The average molecular weight is 281 g/mol. The number of nitrogens with zero attached hydrogens (tertiary/aromatic N) is 1. The van der Waals surface area contributed by atoms with E-state index < -0.39 is 11.4 Å². The van der Waals surface area contributed by atoms with Gasteiger partial charge >= 0.3 is 5.97 Å². The summed E-state index contributed by atoms with van der Waals surface area (Å²) in [7, 11) is 0. The highest BCUT2D eigenvalue weighted by atomic mass is 16.4. The Morgan fingerprint density at radius 3 is 2.65 bits per heavy atom. The molecule has 1 N–H and O–H groups in total. The molecule has 3 heteroatoms. The summed E-state index contributed by atoms with van der Waals surface area (Å²) in [5, 5.41) is 9.42. The number of hydrogen-bond acceptors (Lipinski definition) is 2. The van der Waals surface area contributed by atoms with Crippen molar-refractivity contribution in [1.29, 1.82) is 0 Å². The van der Waals surface area contributed by atoms with E-state index in [2.05, 4.69) is 11.8 Å². The number of likely N-dealkylation sites (tertiary alicyclic amines) is 1. The van der Waals surface area contributed by atoms with Gasteiger partial charge in [0.15, 0.2) is 0 Å². The predicted molar refractivity (Wildman–Crippen MR) is 81.7 cm³/mol. The standard InChI is InChI=1S/C17H31NO2/c1-13-6-4-7-14(10-13)11-18-9-5-8-15(12-18)17(2,3)16(19)20/h13-15H,4-12H2,1-3H3,(H,19,20). The minimum atomic E-state index is -0.643. The van der Waals surface area contributed by atoms with Gasteiger partial charge in [0, 0.05) is 13.1 Å². The first-order chi connectivity index (χ1) is 9.39. The van der Waals surface area contributed by atoms with Gasteiger partial charge in [0.25, 0.3) is 0 Å². The number of carboxylic acid groups (broad SMARTS) is 1. The van der Waals surface area contributed by atoms with Crippen molar-refractivity contribution in [3.05, 3.63) is 0 Å². The van der Waals surface area contributed by atoms with Crippen LogP contribution in [0.15, 0.2) is 0 Å². The van der Waals surface area contributed by atoms with Crippen LogP contribution in [0.5, 0.6) is 0 Å². The molecule has 2 aliphatic rings. The predicted octanol–water partition coefficient (Wildman–Crippen LogP) is 3.64. The summed E-state index contributed by atoms with van der Waals surface area (Å²) in [5.74, 6) is 1.38. The van der Waals surface area contributed by atoms with Crippen LogP contribution in [0.4, 0.5) is 0 Å². The maximum atomic E-state index is 11.4. The molecule has 20 heavy (non-hydrogen) atoms. The molecule has 1 aliphatic carbocycles. The molecule has 116 valence electrons. The second-order valence-electron chi connectivity index (χ2n) is 7.76. The SMILES string of the molecule is CC1CCCC(CN2CCCC(C(C)(C)C(=O)O)C2)C1. The van der Waals surface area contributed by atoms with Crippen molar-refractivity contribution in [2.24, 2.45) is 23.2 Å². The molecule has 0 spiro atoms. The lowest BCUT2D eigenvalue weighted by Crippen LogP contribution is -2.46. The molecular weight excluding hydrogens is 250 g/mol. The molecule has 1 aliphatic heterocycles. The Bertz CT molecular complexity index is 340. The van der Waals surface area contributed by atoms with Gasteiger partial charge in [-0.25, -0.2) is 0 Å². The van der Waals surface area contributed by atoms with Gasteiger partial charge in [0.2, 0.25) is 0 Å². The molecule has 3 atom stereocenters. The van der Waals surface area contributed by atoms with Crippen molar-refractivity contribution in [3.63, 3.8) is 0 Å². The lowest BCUT2D eigenvalue weighted by molar-refractivity contribution is -0.151. The molecular formula is C17H31NO2. The second-order valence-corrected chi connectivity index (χ2v) is 7.76. The van der Waals surface area contributed by atoms with Crippen molar-refractivity contribution in [1.82, 2.24) is 4.90 Å². The van der Waals surface area contributed by atoms with Crippen LogP contribution in [0, 0.1) is 23.2 Å². The zero-order valence-corrected chi connectivity index (χ0v) is 13.4. The zero-order valence-electron chi connectivity index (χ0n) is 13.4. The number of hydrogen-bond donors (Lipinski definition) is 1. The van der Waals surface area contributed by atoms with Crippen LogP contribution in [0.3, 0.4) is 0 Å². The summed E-state index contributed by atoms with van der Waals surface area (Å²) in [6.45, 7) is 9.49. The van der Waals surface area contributed by atoms with E-state index in [0.717, 1.165) is 37.8 Å². The van der Waals surface area contributed by atoms with Gasteiger partial charge in [-0.2, -0.15) is 0 Å². The normalized spacial score (nSPS) is 33.0. The van der Waals surface area contributed by atoms with Crippen LogP contribution in [0.1, 0.15) is 59.3 Å². The third-order valence-corrected chi connectivity index (χ3v) is 5.64. The first kappa shape index (κ1) is 15.8. The van der Waals surface area contributed by atoms with E-state index in [1.807, 2.05) is 13.8 Å². The van der Waals surface area contributed by atoms with Crippen LogP contribution in [0.2, 0.25) is 0 Å². The minimum absolute atomic E-state index is 0.301. The highest BCUT2D eigenvalue weighted by molar-refractivity contribution is 5.74. The summed E-state index contributed by atoms with van der Waals surface area (Å²) in [6.07, 6.45) is 7.73. The quantitative estimate of drug-likeness (QED) is 0.855. The summed E-state index contributed by atoms with van der Waals surface area (Å²) in [5.41, 5.74) is -0.585. The first-order valence-corrected chi connectivity index (χ1v) is 8.35. The minimum Gasteiger partial charge on any atom is -0.481 e. The monoisotopic (exact) mass is 281 g/mol. The van der Waals surface area contributed by atoms with Gasteiger partial charge in [-0.05, 0) is 63.8 Å². The summed E-state index contributed by atoms with van der Waals surface area (Å²) >= 11 is 0. The molecule has 0 radical (unpaired) electrons. The lowest BCUT2D eigenvalue weighted by atomic mass is 9.74. The number of piperidine rings is 1. The Labute approximate surface area is 123 Å². The smallest absolute Gasteiger partial charge is 0.309 e. The van der Waals surface area contributed by atoms with Crippen molar-refractivity contribution in [3.8, 4) is 0 Å². The fourth-order valence-corrected chi connectivity index (χ4v) is 4.08. The highest BCUT2D eigenvalue weighted by Gasteiger charge is 2.39. The zero-order chi connectivity index (χ0) is 14.8. The van der Waals surface area contributed by atoms with E-state index in [-0.39, 0.29) is 0 Å². The topological polar surface area (TPSA) is 40.5 Å². The van der Waals surface area contributed by atoms with Gasteiger partial charge in [0.1, 0.15) is 0 Å². The molecule has 0 amide bonds. The average Bonchev–Trinajstić information content (AvgIpc) is 2.39. The molecule has 0 aromatic carbocycles. The Morgan fingerprint density at radius 2 is 2.00 bits per heavy atom. The van der Waals surface area contributed by atoms with Crippen molar-refractivity contribution >= 4 is 5.97 Å². The van der Waals surface area contributed by atoms with Crippen LogP contribution < -0.4 is 0 Å². The molecule has 3 unspecified atom stereocenters. The second kappa shape index (κ2) is 6.46. The molecule has 0 aromatic heterocycles. The molecule has 1 saturated heterocycles. The molecule has 1 saturated carbocycles. The fraction of sp³-hybridized carbons (Fsp3) is 0.941. The van der Waals surface area contributed by atoms with Crippen molar-refractivity contribution < 1.29 is 9.90 Å². The molecule has 0 aromatic rings. The van der Waals surface area contributed by atoms with Gasteiger partial charge < -0.3 is 10.0 Å². The maximum absolute atomic E-state index is 11.4. The van der Waals surface area contributed by atoms with E-state index in [4.69, 9.17) is 0 Å². The number of aliphatic carboxylic acids is 1. The Kier molecular flexibility index (Phi) is 5.11. The summed E-state index contributed by atoms with van der Waals surface area (Å²) < 4.78 is 0. The van der Waals surface area contributed by atoms with Crippen molar-refractivity contribution in [2.75, 3.05) is 19.6 Å². The highest BCUT2D eigenvalue weighted by Crippen LogP contribution is 2.35. The fourth-order valence-electron chi connectivity index (χ4n) is 4.08. The van der Waals surface area contributed by atoms with Crippen LogP contribution in [0.25, 0.3) is 0 Å². The van der Waals surface area contributed by atoms with Gasteiger partial charge in [0.05, 0.1) is 5.41 Å². The lowest BCUT2D eigenvalue weighted by Gasteiger charge is -2.41. The van der Waals surface area contributed by atoms with Gasteiger partial charge in [-0.15, -0.1) is 0 Å². The maximum Gasteiger partial charge on any atom is 0.309 e. The Hall–Kier alpha value is -0.570. The Morgan fingerprint density at radius 1 is 1.25 bits per heavy atom. The largest absolute Gasteiger partial charge is 0.481 e. The Balaban J connectivity index is 1.88. The number of carboxylic acids is 1. The third kappa shape index (κ3) is 3.75. The van der Waals surface area contributed by atoms with Crippen LogP contribution in [-0.4, -0.2) is 35.6 Å². The van der Waals surface area contributed by atoms with Crippen molar-refractivity contribution in [2.45, 2.75) is 59.3 Å². The third-order valence-electron chi connectivity index (χ3n) is 5.64. The van der Waals surface area contributed by atoms with Crippen LogP contribution in [-0.2, 0) is 4.79 Å². The first-order valence-electron chi connectivity index (χ1n) is 8.35.